The number of benzene rings is 3. The summed E-state index contributed by atoms with van der Waals surface area (Å²) in [7, 11) is 5.53. The summed E-state index contributed by atoms with van der Waals surface area (Å²) in [5, 5.41) is 3.75. The van der Waals surface area contributed by atoms with Gasteiger partial charge in [-0.05, 0) is 41.3 Å². The van der Waals surface area contributed by atoms with E-state index in [0.717, 1.165) is 56.3 Å². The van der Waals surface area contributed by atoms with E-state index in [0.29, 0.717) is 12.0 Å². The average molecular weight is 488 g/mol. The Kier molecular flexibility index (Phi) is 9.03. The lowest BCUT2D eigenvalue weighted by atomic mass is 9.92. The van der Waals surface area contributed by atoms with Crippen molar-refractivity contribution < 1.29 is 9.47 Å². The van der Waals surface area contributed by atoms with Crippen LogP contribution >= 0.6 is 0 Å². The highest BCUT2D eigenvalue weighted by Gasteiger charge is 2.23. The van der Waals surface area contributed by atoms with Gasteiger partial charge in [-0.25, -0.2) is 0 Å². The number of nitrogens with one attached hydrogen (secondary N) is 1. The first kappa shape index (κ1) is 26.2. The second kappa shape index (κ2) is 12.4. The van der Waals surface area contributed by atoms with E-state index in [4.69, 9.17) is 9.47 Å². The smallest absolute Gasteiger partial charge is 0.127 e. The Morgan fingerprint density at radius 1 is 0.944 bits per heavy atom. The molecule has 0 aliphatic carbocycles. The van der Waals surface area contributed by atoms with Crippen molar-refractivity contribution in [3.8, 4) is 11.5 Å². The fourth-order valence-corrected chi connectivity index (χ4v) is 5.17. The minimum absolute atomic E-state index is 0.389. The summed E-state index contributed by atoms with van der Waals surface area (Å²) in [6.07, 6.45) is 0. The molecule has 0 spiro atoms. The summed E-state index contributed by atoms with van der Waals surface area (Å²) in [5.41, 5.74) is 6.75. The van der Waals surface area contributed by atoms with E-state index in [9.17, 15) is 0 Å². The van der Waals surface area contributed by atoms with Gasteiger partial charge in [-0.15, -0.1) is 0 Å². The minimum Gasteiger partial charge on any atom is -0.497 e. The molecule has 1 aliphatic rings. The Labute approximate surface area is 217 Å². The lowest BCUT2D eigenvalue weighted by Crippen LogP contribution is -2.45. The second-order valence-corrected chi connectivity index (χ2v) is 10.2. The molecule has 0 amide bonds. The Balaban J connectivity index is 1.33. The molecule has 1 heterocycles. The molecule has 1 saturated heterocycles. The van der Waals surface area contributed by atoms with Crippen LogP contribution in [-0.2, 0) is 19.6 Å². The van der Waals surface area contributed by atoms with E-state index in [-0.39, 0.29) is 0 Å². The van der Waals surface area contributed by atoms with Crippen LogP contribution in [0.3, 0.4) is 0 Å². The monoisotopic (exact) mass is 487 g/mol. The average Bonchev–Trinajstić information content (AvgIpc) is 2.90. The van der Waals surface area contributed by atoms with Crippen LogP contribution in [0.2, 0.25) is 0 Å². The fraction of sp³-hybridized carbons (Fsp3) is 0.419. The van der Waals surface area contributed by atoms with Gasteiger partial charge < -0.3 is 14.8 Å². The molecule has 5 nitrogen and oxygen atoms in total. The summed E-state index contributed by atoms with van der Waals surface area (Å²) in [5.74, 6) is 2.21. The highest BCUT2D eigenvalue weighted by Crippen LogP contribution is 2.28. The van der Waals surface area contributed by atoms with Crippen molar-refractivity contribution in [1.29, 1.82) is 0 Å². The van der Waals surface area contributed by atoms with E-state index in [1.165, 1.54) is 22.3 Å². The Hall–Kier alpha value is -2.86. The molecule has 0 bridgehead atoms. The van der Waals surface area contributed by atoms with Crippen LogP contribution in [-0.4, -0.2) is 50.7 Å². The zero-order chi connectivity index (χ0) is 25.5. The first-order valence-electron chi connectivity index (χ1n) is 13.0. The van der Waals surface area contributed by atoms with Gasteiger partial charge in [-0.2, -0.15) is 0 Å². The van der Waals surface area contributed by atoms with Crippen LogP contribution in [0.1, 0.15) is 53.6 Å². The fourth-order valence-electron chi connectivity index (χ4n) is 5.17. The Morgan fingerprint density at radius 3 is 2.42 bits per heavy atom. The zero-order valence-electron chi connectivity index (χ0n) is 22.5. The first-order valence-corrected chi connectivity index (χ1v) is 13.0. The number of piperazine rings is 1. The molecular weight excluding hydrogens is 446 g/mol. The molecule has 1 N–H and O–H groups in total. The van der Waals surface area contributed by atoms with Gasteiger partial charge in [0.2, 0.25) is 0 Å². The highest BCUT2D eigenvalue weighted by atomic mass is 16.5. The van der Waals surface area contributed by atoms with Crippen molar-refractivity contribution in [2.45, 2.75) is 45.4 Å². The SMILES string of the molecule is COc1ccc(CN(C)Cc2ccc(CN3CCN[C@H](c4ccccc4C(C)C)C3)cc2)c(OC)c1. The molecule has 3 aromatic rings. The topological polar surface area (TPSA) is 37.0 Å². The minimum atomic E-state index is 0.389. The molecule has 1 atom stereocenters. The predicted molar refractivity (Wildman–Crippen MR) is 148 cm³/mol. The lowest BCUT2D eigenvalue weighted by molar-refractivity contribution is 0.192. The third kappa shape index (κ3) is 6.67. The summed E-state index contributed by atoms with van der Waals surface area (Å²) >= 11 is 0. The molecule has 3 aromatic carbocycles. The summed E-state index contributed by atoms with van der Waals surface area (Å²) in [6.45, 7) is 10.4. The second-order valence-electron chi connectivity index (χ2n) is 10.2. The van der Waals surface area contributed by atoms with E-state index in [1.54, 1.807) is 14.2 Å². The quantitative estimate of drug-likeness (QED) is 0.403. The van der Waals surface area contributed by atoms with Gasteiger partial charge in [0.1, 0.15) is 11.5 Å². The molecular formula is C31H41N3O2. The van der Waals surface area contributed by atoms with Gasteiger partial charge in [-0.3, -0.25) is 9.80 Å². The highest BCUT2D eigenvalue weighted by molar-refractivity contribution is 5.40. The molecule has 0 radical (unpaired) electrons. The Bertz CT molecular complexity index is 1110. The van der Waals surface area contributed by atoms with Crippen molar-refractivity contribution in [1.82, 2.24) is 15.1 Å². The third-order valence-electron chi connectivity index (χ3n) is 7.07. The standard InChI is InChI=1S/C31H41N3O2/c1-23(2)28-8-6-7-9-29(28)30-22-34(17-16-32-30)20-25-12-10-24(11-13-25)19-33(3)21-26-14-15-27(35-4)18-31(26)36-5/h6-15,18,23,30,32H,16-17,19-22H2,1-5H3/t30-/m0/s1. The molecule has 36 heavy (non-hydrogen) atoms. The van der Waals surface area contributed by atoms with Gasteiger partial charge in [0, 0.05) is 56.9 Å². The van der Waals surface area contributed by atoms with Gasteiger partial charge >= 0.3 is 0 Å². The van der Waals surface area contributed by atoms with Crippen LogP contribution in [0, 0.1) is 0 Å². The summed E-state index contributed by atoms with van der Waals surface area (Å²) in [6, 6.07) is 24.4. The van der Waals surface area contributed by atoms with Crippen molar-refractivity contribution >= 4 is 0 Å². The zero-order valence-corrected chi connectivity index (χ0v) is 22.5. The van der Waals surface area contributed by atoms with Crippen molar-refractivity contribution in [3.05, 3.63) is 94.5 Å². The Morgan fingerprint density at radius 2 is 1.69 bits per heavy atom. The van der Waals surface area contributed by atoms with Crippen molar-refractivity contribution in [2.75, 3.05) is 40.9 Å². The molecule has 0 unspecified atom stereocenters. The van der Waals surface area contributed by atoms with Crippen molar-refractivity contribution in [3.63, 3.8) is 0 Å². The molecule has 192 valence electrons. The van der Waals surface area contributed by atoms with E-state index < -0.39 is 0 Å². The number of hydrogen-bond acceptors (Lipinski definition) is 5. The van der Waals surface area contributed by atoms with Crippen LogP contribution in [0.4, 0.5) is 0 Å². The number of hydrogen-bond donors (Lipinski definition) is 1. The van der Waals surface area contributed by atoms with Crippen LogP contribution < -0.4 is 14.8 Å². The summed E-state index contributed by atoms with van der Waals surface area (Å²) < 4.78 is 10.9. The van der Waals surface area contributed by atoms with Gasteiger partial charge in [0.25, 0.3) is 0 Å². The predicted octanol–water partition coefficient (Wildman–Crippen LogP) is 5.61. The normalized spacial score (nSPS) is 16.5. The maximum atomic E-state index is 5.56. The van der Waals surface area contributed by atoms with Gasteiger partial charge in [0.05, 0.1) is 14.2 Å². The molecule has 0 saturated carbocycles. The van der Waals surface area contributed by atoms with Crippen molar-refractivity contribution in [2.24, 2.45) is 0 Å². The molecule has 0 aromatic heterocycles. The van der Waals surface area contributed by atoms with Crippen LogP contribution in [0.15, 0.2) is 66.7 Å². The maximum absolute atomic E-state index is 5.56. The lowest BCUT2D eigenvalue weighted by Gasteiger charge is -2.35. The van der Waals surface area contributed by atoms with Gasteiger partial charge in [0.15, 0.2) is 0 Å². The maximum Gasteiger partial charge on any atom is 0.127 e. The van der Waals surface area contributed by atoms with Crippen LogP contribution in [0.5, 0.6) is 11.5 Å². The number of rotatable bonds is 10. The largest absolute Gasteiger partial charge is 0.497 e. The van der Waals surface area contributed by atoms with E-state index in [1.807, 2.05) is 12.1 Å². The summed E-state index contributed by atoms with van der Waals surface area (Å²) in [4.78, 5) is 4.89. The molecule has 1 fully saturated rings. The van der Waals surface area contributed by atoms with Crippen LogP contribution in [0.25, 0.3) is 0 Å². The van der Waals surface area contributed by atoms with E-state index in [2.05, 4.69) is 90.6 Å². The van der Waals surface area contributed by atoms with Gasteiger partial charge in [-0.1, -0.05) is 68.4 Å². The van der Waals surface area contributed by atoms with E-state index >= 15 is 0 Å². The molecule has 1 aliphatic heterocycles. The molecule has 5 heteroatoms. The number of methoxy groups -OCH3 is 2. The first-order chi connectivity index (χ1) is 17.5. The number of ether oxygens (including phenoxy) is 2. The number of nitrogens with zero attached hydrogens (tertiary/aromatic N) is 2. The molecule has 4 rings (SSSR count). The third-order valence-corrected chi connectivity index (χ3v) is 7.07.